The van der Waals surface area contributed by atoms with E-state index in [2.05, 4.69) is 38.4 Å². The van der Waals surface area contributed by atoms with Crippen LogP contribution in [-0.2, 0) is 26.2 Å². The second-order valence-electron chi connectivity index (χ2n) is 9.01. The zero-order chi connectivity index (χ0) is 25.2. The van der Waals surface area contributed by atoms with E-state index in [4.69, 9.17) is 4.74 Å². The van der Waals surface area contributed by atoms with Crippen molar-refractivity contribution in [3.05, 3.63) is 70.3 Å². The fraction of sp³-hybridized carbons (Fsp3) is 0.458. The van der Waals surface area contributed by atoms with Gasteiger partial charge in [-0.05, 0) is 18.9 Å². The van der Waals surface area contributed by atoms with Gasteiger partial charge in [0, 0.05) is 17.7 Å². The van der Waals surface area contributed by atoms with Crippen LogP contribution in [0.25, 0.3) is 0 Å². The van der Waals surface area contributed by atoms with Crippen LogP contribution in [0.4, 0.5) is 5.69 Å². The van der Waals surface area contributed by atoms with E-state index in [9.17, 15) is 27.9 Å². The molecule has 0 saturated heterocycles. The van der Waals surface area contributed by atoms with Crippen LogP contribution < -0.4 is 0 Å². The van der Waals surface area contributed by atoms with Gasteiger partial charge < -0.3 is 13.8 Å². The van der Waals surface area contributed by atoms with E-state index in [1.165, 1.54) is 24.8 Å². The SMILES string of the molecule is C[N+](C)(CCOC(=O)C1CCCCC1)Cc1ccccc1.O=[N+]([O-])c1cccc(S(=O)(=O)[O-])c1. The van der Waals surface area contributed by atoms with Crippen LogP contribution in [-0.4, -0.2) is 55.6 Å². The van der Waals surface area contributed by atoms with Crippen LogP contribution in [0.3, 0.4) is 0 Å². The number of carbonyl (C=O) groups is 1. The molecule has 2 aromatic carbocycles. The molecule has 0 amide bonds. The maximum absolute atomic E-state index is 12.0. The molecule has 1 fully saturated rings. The Morgan fingerprint density at radius 2 is 1.71 bits per heavy atom. The van der Waals surface area contributed by atoms with Crippen molar-refractivity contribution >= 4 is 21.8 Å². The van der Waals surface area contributed by atoms with Gasteiger partial charge in [0.2, 0.25) is 0 Å². The molecule has 186 valence electrons. The lowest BCUT2D eigenvalue weighted by Crippen LogP contribution is -2.42. The molecule has 0 bridgehead atoms. The topological polar surface area (TPSA) is 127 Å². The number of nitro groups is 1. The molecule has 0 N–H and O–H groups in total. The Morgan fingerprint density at radius 3 is 2.29 bits per heavy atom. The summed E-state index contributed by atoms with van der Waals surface area (Å²) in [6, 6.07) is 14.4. The largest absolute Gasteiger partial charge is 0.744 e. The van der Waals surface area contributed by atoms with Gasteiger partial charge in [0.05, 0.1) is 29.8 Å². The van der Waals surface area contributed by atoms with E-state index in [0.717, 1.165) is 54.7 Å². The fourth-order valence-electron chi connectivity index (χ4n) is 3.76. The Balaban J connectivity index is 0.000000270. The average Bonchev–Trinajstić information content (AvgIpc) is 2.80. The molecule has 1 aliphatic carbocycles. The second-order valence-corrected chi connectivity index (χ2v) is 10.4. The monoisotopic (exact) mass is 492 g/mol. The van der Waals surface area contributed by atoms with Crippen LogP contribution in [0.5, 0.6) is 0 Å². The Bertz CT molecular complexity index is 1050. The van der Waals surface area contributed by atoms with Gasteiger partial charge in [0.15, 0.2) is 0 Å². The van der Waals surface area contributed by atoms with Crippen molar-refractivity contribution in [1.82, 2.24) is 0 Å². The van der Waals surface area contributed by atoms with Gasteiger partial charge in [0.25, 0.3) is 5.69 Å². The molecule has 10 heteroatoms. The number of hydrogen-bond donors (Lipinski definition) is 0. The van der Waals surface area contributed by atoms with Gasteiger partial charge in [-0.25, -0.2) is 8.42 Å². The van der Waals surface area contributed by atoms with Crippen molar-refractivity contribution in [3.8, 4) is 0 Å². The first kappa shape index (κ1) is 27.4. The van der Waals surface area contributed by atoms with Crippen LogP contribution in [0.15, 0.2) is 59.5 Å². The van der Waals surface area contributed by atoms with Crippen molar-refractivity contribution in [2.75, 3.05) is 27.2 Å². The molecule has 3 rings (SSSR count). The molecule has 0 spiro atoms. The van der Waals surface area contributed by atoms with E-state index in [0.29, 0.717) is 6.61 Å². The van der Waals surface area contributed by atoms with E-state index in [1.807, 2.05) is 6.07 Å². The summed E-state index contributed by atoms with van der Waals surface area (Å²) in [5.41, 5.74) is 0.901. The predicted molar refractivity (Wildman–Crippen MR) is 126 cm³/mol. The smallest absolute Gasteiger partial charge is 0.309 e. The highest BCUT2D eigenvalue weighted by molar-refractivity contribution is 7.85. The minimum atomic E-state index is -4.61. The van der Waals surface area contributed by atoms with Crippen molar-refractivity contribution in [2.24, 2.45) is 5.92 Å². The maximum atomic E-state index is 12.0. The summed E-state index contributed by atoms with van der Waals surface area (Å²) in [4.78, 5) is 20.8. The number of non-ortho nitro benzene ring substituents is 1. The number of likely N-dealkylation sites (N-methyl/N-ethyl adjacent to an activating group) is 1. The molecular formula is C24H32N2O7S. The average molecular weight is 493 g/mol. The summed E-state index contributed by atoms with van der Waals surface area (Å²) >= 11 is 0. The Hall–Kier alpha value is -2.82. The zero-order valence-corrected chi connectivity index (χ0v) is 20.4. The third kappa shape index (κ3) is 9.58. The Labute approximate surface area is 200 Å². The van der Waals surface area contributed by atoms with Gasteiger partial charge in [0.1, 0.15) is 29.8 Å². The van der Waals surface area contributed by atoms with Crippen LogP contribution >= 0.6 is 0 Å². The normalized spacial score (nSPS) is 14.6. The maximum Gasteiger partial charge on any atom is 0.309 e. The summed E-state index contributed by atoms with van der Waals surface area (Å²) in [7, 11) is -0.249. The number of rotatable bonds is 8. The molecule has 2 aromatic rings. The molecule has 9 nitrogen and oxygen atoms in total. The summed E-state index contributed by atoms with van der Waals surface area (Å²) in [6.45, 7) is 2.34. The number of nitrogens with zero attached hydrogens (tertiary/aromatic N) is 2. The standard InChI is InChI=1S/C18H28NO2.C6H5NO5S/c1-19(2,15-16-9-5-3-6-10-16)13-14-21-18(20)17-11-7-4-8-12-17;8-7(9)5-2-1-3-6(4-5)13(10,11)12/h3,5-6,9-10,17H,4,7-8,11-15H2,1-2H3;1-4H,(H,10,11,12)/q+1;/p-1. The quantitative estimate of drug-likeness (QED) is 0.180. The number of carbonyl (C=O) groups excluding carboxylic acids is 1. The molecule has 34 heavy (non-hydrogen) atoms. The van der Waals surface area contributed by atoms with Crippen LogP contribution in [0.2, 0.25) is 0 Å². The van der Waals surface area contributed by atoms with E-state index in [-0.39, 0.29) is 11.9 Å². The summed E-state index contributed by atoms with van der Waals surface area (Å²) in [5.74, 6) is 0.179. The highest BCUT2D eigenvalue weighted by Gasteiger charge is 2.23. The first-order valence-corrected chi connectivity index (χ1v) is 12.6. The highest BCUT2D eigenvalue weighted by Crippen LogP contribution is 2.24. The van der Waals surface area contributed by atoms with Crippen molar-refractivity contribution in [1.29, 1.82) is 0 Å². The second kappa shape index (κ2) is 12.6. The highest BCUT2D eigenvalue weighted by atomic mass is 32.2. The number of benzene rings is 2. The molecule has 0 atom stereocenters. The number of ether oxygens (including phenoxy) is 1. The molecule has 0 unspecified atom stereocenters. The molecule has 1 saturated carbocycles. The molecule has 1 aliphatic rings. The molecular weight excluding hydrogens is 460 g/mol. The van der Waals surface area contributed by atoms with Gasteiger partial charge in [-0.2, -0.15) is 0 Å². The van der Waals surface area contributed by atoms with Gasteiger partial charge >= 0.3 is 5.97 Å². The van der Waals surface area contributed by atoms with Gasteiger partial charge in [-0.15, -0.1) is 0 Å². The first-order chi connectivity index (χ1) is 16.0. The number of nitro benzene ring substituents is 1. The minimum absolute atomic E-state index is 0.0226. The fourth-order valence-corrected chi connectivity index (χ4v) is 4.27. The first-order valence-electron chi connectivity index (χ1n) is 11.2. The summed E-state index contributed by atoms with van der Waals surface area (Å²) in [5, 5.41) is 10.2. The number of esters is 1. The van der Waals surface area contributed by atoms with Gasteiger partial charge in [-0.1, -0.05) is 55.7 Å². The van der Waals surface area contributed by atoms with E-state index in [1.54, 1.807) is 0 Å². The molecule has 0 aromatic heterocycles. The Kier molecular flexibility index (Phi) is 10.2. The van der Waals surface area contributed by atoms with Crippen molar-refractivity contribution < 1.29 is 31.9 Å². The number of hydrogen-bond acceptors (Lipinski definition) is 7. The molecule has 0 radical (unpaired) electrons. The lowest BCUT2D eigenvalue weighted by molar-refractivity contribution is -0.903. The lowest BCUT2D eigenvalue weighted by atomic mass is 9.89. The Morgan fingerprint density at radius 1 is 1.06 bits per heavy atom. The summed E-state index contributed by atoms with van der Waals surface area (Å²) < 4.78 is 37.6. The zero-order valence-electron chi connectivity index (χ0n) is 19.6. The third-order valence-corrected chi connectivity index (χ3v) is 6.48. The van der Waals surface area contributed by atoms with Crippen molar-refractivity contribution in [2.45, 2.75) is 43.5 Å². The van der Waals surface area contributed by atoms with E-state index >= 15 is 0 Å². The molecule has 0 aliphatic heterocycles. The molecule has 0 heterocycles. The van der Waals surface area contributed by atoms with Crippen LogP contribution in [0, 0.1) is 16.0 Å². The lowest BCUT2D eigenvalue weighted by Gasteiger charge is -2.30. The predicted octanol–water partition coefficient (Wildman–Crippen LogP) is 3.89. The number of quaternary nitrogens is 1. The van der Waals surface area contributed by atoms with E-state index < -0.39 is 25.6 Å². The summed E-state index contributed by atoms with van der Waals surface area (Å²) in [6.07, 6.45) is 5.65. The van der Waals surface area contributed by atoms with Crippen molar-refractivity contribution in [3.63, 3.8) is 0 Å². The minimum Gasteiger partial charge on any atom is -0.744 e. The van der Waals surface area contributed by atoms with Crippen LogP contribution in [0.1, 0.15) is 37.7 Å². The third-order valence-electron chi connectivity index (χ3n) is 5.65. The van der Waals surface area contributed by atoms with Gasteiger partial charge in [-0.3, -0.25) is 14.9 Å².